The number of hydrogen-bond donors (Lipinski definition) is 1. The molecule has 0 aliphatic carbocycles. The van der Waals surface area contributed by atoms with E-state index >= 15 is 0 Å². The van der Waals surface area contributed by atoms with Crippen molar-refractivity contribution in [2.75, 3.05) is 13.7 Å². The number of tetrazole rings is 1. The molecule has 0 aliphatic rings. The van der Waals surface area contributed by atoms with E-state index in [1.807, 2.05) is 13.0 Å². The van der Waals surface area contributed by atoms with Crippen molar-refractivity contribution < 1.29 is 13.9 Å². The lowest BCUT2D eigenvalue weighted by Crippen LogP contribution is -2.35. The van der Waals surface area contributed by atoms with Gasteiger partial charge in [0.1, 0.15) is 5.82 Å². The number of aromatic nitrogens is 4. The van der Waals surface area contributed by atoms with Crippen LogP contribution in [0.4, 0.5) is 4.39 Å². The zero-order chi connectivity index (χ0) is 22.5. The predicted octanol–water partition coefficient (Wildman–Crippen LogP) is 4.09. The standard InChI is InChI=1S/C22H25ClFN5O2/c1-13(2)7-21-26-27-28-29(21)18-9-15(19-6-5-17(24)11-20(19)23)8-16(10-18)22(30)25-14(3)12-31-4/h5-6,8-11,13-14H,7,12H2,1-4H3,(H,25,30)/t14-/m0/s1. The summed E-state index contributed by atoms with van der Waals surface area (Å²) in [6.07, 6.45) is 0.668. The quantitative estimate of drug-likeness (QED) is 0.564. The van der Waals surface area contributed by atoms with Crippen molar-refractivity contribution in [3.05, 3.63) is 58.6 Å². The molecule has 164 valence electrons. The fraction of sp³-hybridized carbons (Fsp3) is 0.364. The minimum absolute atomic E-state index is 0.177. The highest BCUT2D eigenvalue weighted by molar-refractivity contribution is 6.33. The number of carbonyl (C=O) groups is 1. The third kappa shape index (κ3) is 5.65. The molecule has 2 aromatic carbocycles. The summed E-state index contributed by atoms with van der Waals surface area (Å²) in [5, 5.41) is 15.2. The normalized spacial score (nSPS) is 12.2. The second kappa shape index (κ2) is 9.98. The minimum Gasteiger partial charge on any atom is -0.383 e. The average Bonchev–Trinajstić information content (AvgIpc) is 3.15. The van der Waals surface area contributed by atoms with E-state index in [2.05, 4.69) is 34.7 Å². The van der Waals surface area contributed by atoms with E-state index in [-0.39, 0.29) is 17.0 Å². The molecule has 0 saturated carbocycles. The molecule has 0 aliphatic heterocycles. The van der Waals surface area contributed by atoms with E-state index in [9.17, 15) is 9.18 Å². The third-order valence-corrected chi connectivity index (χ3v) is 4.90. The zero-order valence-corrected chi connectivity index (χ0v) is 18.7. The van der Waals surface area contributed by atoms with Crippen LogP contribution in [0, 0.1) is 11.7 Å². The van der Waals surface area contributed by atoms with E-state index < -0.39 is 5.82 Å². The Balaban J connectivity index is 2.10. The van der Waals surface area contributed by atoms with E-state index in [1.165, 1.54) is 12.1 Å². The Kier molecular flexibility index (Phi) is 7.35. The monoisotopic (exact) mass is 445 g/mol. The summed E-state index contributed by atoms with van der Waals surface area (Å²) < 4.78 is 20.3. The lowest BCUT2D eigenvalue weighted by atomic mass is 10.0. The Bertz CT molecular complexity index is 1070. The van der Waals surface area contributed by atoms with Crippen molar-refractivity contribution in [3.63, 3.8) is 0 Å². The Morgan fingerprint density at radius 1 is 1.23 bits per heavy atom. The average molecular weight is 446 g/mol. The number of nitrogens with zero attached hydrogens (tertiary/aromatic N) is 4. The van der Waals surface area contributed by atoms with Crippen LogP contribution >= 0.6 is 11.6 Å². The predicted molar refractivity (Wildman–Crippen MR) is 117 cm³/mol. The van der Waals surface area contributed by atoms with Gasteiger partial charge in [-0.3, -0.25) is 4.79 Å². The highest BCUT2D eigenvalue weighted by Gasteiger charge is 2.17. The minimum atomic E-state index is -0.434. The van der Waals surface area contributed by atoms with Gasteiger partial charge in [0.25, 0.3) is 5.91 Å². The van der Waals surface area contributed by atoms with E-state index in [1.54, 1.807) is 30.0 Å². The van der Waals surface area contributed by atoms with Crippen LogP contribution in [0.15, 0.2) is 36.4 Å². The molecule has 1 aromatic heterocycles. The van der Waals surface area contributed by atoms with Gasteiger partial charge in [-0.2, -0.15) is 4.68 Å². The highest BCUT2D eigenvalue weighted by atomic mass is 35.5. The Morgan fingerprint density at radius 3 is 2.68 bits per heavy atom. The second-order valence-corrected chi connectivity index (χ2v) is 8.23. The molecular formula is C22H25ClFN5O2. The third-order valence-electron chi connectivity index (χ3n) is 4.59. The molecule has 1 N–H and O–H groups in total. The lowest BCUT2D eigenvalue weighted by molar-refractivity contribution is 0.0905. The Morgan fingerprint density at radius 2 is 2.00 bits per heavy atom. The first-order chi connectivity index (χ1) is 14.8. The van der Waals surface area contributed by atoms with Crippen LogP contribution in [0.2, 0.25) is 5.02 Å². The van der Waals surface area contributed by atoms with Gasteiger partial charge >= 0.3 is 0 Å². The van der Waals surface area contributed by atoms with Gasteiger partial charge in [0.15, 0.2) is 5.82 Å². The van der Waals surface area contributed by atoms with Gasteiger partial charge < -0.3 is 10.1 Å². The molecule has 0 bridgehead atoms. The first-order valence-corrected chi connectivity index (χ1v) is 10.3. The van der Waals surface area contributed by atoms with E-state index in [0.717, 1.165) is 0 Å². The van der Waals surface area contributed by atoms with E-state index in [4.69, 9.17) is 16.3 Å². The molecule has 0 saturated heterocycles. The lowest BCUT2D eigenvalue weighted by Gasteiger charge is -2.15. The zero-order valence-electron chi connectivity index (χ0n) is 17.9. The second-order valence-electron chi connectivity index (χ2n) is 7.83. The summed E-state index contributed by atoms with van der Waals surface area (Å²) in [5.41, 5.74) is 2.27. The molecule has 0 radical (unpaired) electrons. The fourth-order valence-corrected chi connectivity index (χ4v) is 3.52. The molecule has 9 heteroatoms. The number of methoxy groups -OCH3 is 1. The molecule has 1 atom stereocenters. The Hall–Kier alpha value is -2.84. The fourth-order valence-electron chi connectivity index (χ4n) is 3.24. The van der Waals surface area contributed by atoms with Crippen molar-refractivity contribution in [2.24, 2.45) is 5.92 Å². The molecule has 3 rings (SSSR count). The summed E-state index contributed by atoms with van der Waals surface area (Å²) in [7, 11) is 1.58. The van der Waals surface area contributed by atoms with Crippen LogP contribution in [0.25, 0.3) is 16.8 Å². The number of rotatable bonds is 8. The number of benzene rings is 2. The van der Waals surface area contributed by atoms with E-state index in [0.29, 0.717) is 47.1 Å². The maximum absolute atomic E-state index is 13.6. The van der Waals surface area contributed by atoms with Crippen LogP contribution in [-0.4, -0.2) is 45.9 Å². The first-order valence-electron chi connectivity index (χ1n) is 9.96. The van der Waals surface area contributed by atoms with Gasteiger partial charge in [-0.15, -0.1) is 5.10 Å². The summed E-state index contributed by atoms with van der Waals surface area (Å²) in [6.45, 7) is 6.38. The molecular weight excluding hydrogens is 421 g/mol. The molecule has 31 heavy (non-hydrogen) atoms. The Labute approximate surface area is 185 Å². The topological polar surface area (TPSA) is 81.9 Å². The van der Waals surface area contributed by atoms with Crippen LogP contribution in [-0.2, 0) is 11.2 Å². The summed E-state index contributed by atoms with van der Waals surface area (Å²) >= 11 is 6.29. The molecule has 0 unspecified atom stereocenters. The number of carbonyl (C=O) groups excluding carboxylic acids is 1. The van der Waals surface area contributed by atoms with Gasteiger partial charge in [0.05, 0.1) is 17.3 Å². The van der Waals surface area contributed by atoms with Crippen LogP contribution in [0.5, 0.6) is 0 Å². The largest absolute Gasteiger partial charge is 0.383 e. The molecule has 0 spiro atoms. The number of hydrogen-bond acceptors (Lipinski definition) is 5. The molecule has 1 amide bonds. The smallest absolute Gasteiger partial charge is 0.251 e. The molecule has 3 aromatic rings. The highest BCUT2D eigenvalue weighted by Crippen LogP contribution is 2.31. The van der Waals surface area contributed by atoms with Crippen molar-refractivity contribution >= 4 is 17.5 Å². The van der Waals surface area contributed by atoms with Crippen molar-refractivity contribution in [2.45, 2.75) is 33.2 Å². The van der Waals surface area contributed by atoms with Gasteiger partial charge in [0, 0.05) is 30.7 Å². The van der Waals surface area contributed by atoms with Gasteiger partial charge in [0.2, 0.25) is 0 Å². The van der Waals surface area contributed by atoms with Crippen molar-refractivity contribution in [1.29, 1.82) is 0 Å². The van der Waals surface area contributed by atoms with Gasteiger partial charge in [-0.25, -0.2) is 4.39 Å². The maximum Gasteiger partial charge on any atom is 0.251 e. The van der Waals surface area contributed by atoms with Crippen LogP contribution in [0.1, 0.15) is 37.0 Å². The number of halogens is 2. The maximum atomic E-state index is 13.6. The first kappa shape index (κ1) is 22.8. The van der Waals surface area contributed by atoms with Gasteiger partial charge in [-0.1, -0.05) is 25.4 Å². The number of ether oxygens (including phenoxy) is 1. The summed E-state index contributed by atoms with van der Waals surface area (Å²) in [6, 6.07) is 9.24. The van der Waals surface area contributed by atoms with Crippen molar-refractivity contribution in [3.8, 4) is 16.8 Å². The summed E-state index contributed by atoms with van der Waals surface area (Å²) in [4.78, 5) is 12.9. The van der Waals surface area contributed by atoms with Crippen LogP contribution in [0.3, 0.4) is 0 Å². The molecule has 7 nitrogen and oxygen atoms in total. The summed E-state index contributed by atoms with van der Waals surface area (Å²) in [5.74, 6) is 0.314. The molecule has 1 heterocycles. The SMILES string of the molecule is COC[C@H](C)NC(=O)c1cc(-c2ccc(F)cc2Cl)cc(-n2nnnc2CC(C)C)c1. The number of nitrogens with one attached hydrogen (secondary N) is 1. The number of amides is 1. The van der Waals surface area contributed by atoms with Gasteiger partial charge in [-0.05, 0) is 65.2 Å². The van der Waals surface area contributed by atoms with Crippen LogP contribution < -0.4 is 5.32 Å². The van der Waals surface area contributed by atoms with Crippen molar-refractivity contribution in [1.82, 2.24) is 25.5 Å². The molecule has 0 fully saturated rings.